The minimum absolute atomic E-state index is 0.187. The van der Waals surface area contributed by atoms with E-state index in [0.717, 1.165) is 19.5 Å². The van der Waals surface area contributed by atoms with Crippen LogP contribution in [0.2, 0.25) is 0 Å². The van der Waals surface area contributed by atoms with Crippen molar-refractivity contribution in [1.29, 1.82) is 0 Å². The van der Waals surface area contributed by atoms with Crippen LogP contribution < -0.4 is 0 Å². The van der Waals surface area contributed by atoms with Crippen LogP contribution in [0.15, 0.2) is 0 Å². The van der Waals surface area contributed by atoms with E-state index in [1.807, 2.05) is 13.8 Å². The summed E-state index contributed by atoms with van der Waals surface area (Å²) >= 11 is 0. The maximum atomic E-state index is 11.2. The largest absolute Gasteiger partial charge is 0.469 e. The lowest BCUT2D eigenvalue weighted by atomic mass is 10.3. The summed E-state index contributed by atoms with van der Waals surface area (Å²) in [6.07, 6.45) is 0.967. The monoisotopic (exact) mass is 291 g/mol. The topological polar surface area (TPSA) is 57.2 Å². The van der Waals surface area contributed by atoms with Crippen LogP contribution in [0.4, 0.5) is 0 Å². The number of hydrogen-bond donors (Lipinski definition) is 0. The van der Waals surface area contributed by atoms with Gasteiger partial charge in [0, 0.05) is 46.4 Å². The van der Waals surface area contributed by atoms with Crippen molar-refractivity contribution in [3.63, 3.8) is 0 Å². The van der Waals surface area contributed by atoms with E-state index in [1.54, 1.807) is 7.11 Å². The van der Waals surface area contributed by atoms with Crippen molar-refractivity contribution in [3.8, 4) is 0 Å². The number of rotatable bonds is 13. The summed E-state index contributed by atoms with van der Waals surface area (Å²) < 4.78 is 20.8. The molecule has 0 rings (SSSR count). The smallest absolute Gasteiger partial charge is 0.306 e. The molecule has 120 valence electrons. The first-order valence-electron chi connectivity index (χ1n) is 7.19. The van der Waals surface area contributed by atoms with E-state index in [4.69, 9.17) is 14.2 Å². The molecule has 0 atom stereocenters. The van der Waals surface area contributed by atoms with E-state index < -0.39 is 0 Å². The lowest BCUT2D eigenvalue weighted by Gasteiger charge is -2.24. The molecular formula is C14H29NO5. The van der Waals surface area contributed by atoms with Crippen molar-refractivity contribution in [3.05, 3.63) is 0 Å². The Morgan fingerprint density at radius 1 is 1.05 bits per heavy atom. The predicted octanol–water partition coefficient (Wildman–Crippen LogP) is 1.29. The van der Waals surface area contributed by atoms with Crippen molar-refractivity contribution < 1.29 is 23.7 Å². The van der Waals surface area contributed by atoms with Crippen molar-refractivity contribution in [2.24, 2.45) is 0 Å². The maximum Gasteiger partial charge on any atom is 0.306 e. The predicted molar refractivity (Wildman–Crippen MR) is 76.6 cm³/mol. The molecule has 6 nitrogen and oxygen atoms in total. The molecule has 6 heteroatoms. The molecule has 0 radical (unpaired) electrons. The Kier molecular flexibility index (Phi) is 12.8. The molecule has 0 amide bonds. The lowest BCUT2D eigenvalue weighted by molar-refractivity contribution is -0.143. The van der Waals surface area contributed by atoms with Gasteiger partial charge < -0.3 is 23.8 Å². The van der Waals surface area contributed by atoms with Crippen molar-refractivity contribution in [2.45, 2.75) is 33.0 Å². The van der Waals surface area contributed by atoms with Crippen LogP contribution in [-0.4, -0.2) is 70.8 Å². The second-order valence-corrected chi connectivity index (χ2v) is 4.29. The Hall–Kier alpha value is -0.690. The van der Waals surface area contributed by atoms with E-state index in [0.29, 0.717) is 32.8 Å². The Morgan fingerprint density at radius 2 is 1.70 bits per heavy atom. The lowest BCUT2D eigenvalue weighted by Crippen LogP contribution is -2.33. The molecule has 0 aliphatic carbocycles. The molecule has 0 fully saturated rings. The Morgan fingerprint density at radius 3 is 2.20 bits per heavy atom. The van der Waals surface area contributed by atoms with Gasteiger partial charge in [-0.2, -0.15) is 0 Å². The fourth-order valence-electron chi connectivity index (χ4n) is 1.78. The fourth-order valence-corrected chi connectivity index (χ4v) is 1.78. The zero-order valence-electron chi connectivity index (χ0n) is 13.2. The standard InChI is InChI=1S/C14H29NO5/c1-5-19-14(20-6-2)8-10-15(11-12-17-3)9-7-13(16)18-4/h14H,5-12H2,1-4H3. The van der Waals surface area contributed by atoms with Crippen LogP contribution in [0.3, 0.4) is 0 Å². The molecule has 0 aliphatic rings. The van der Waals surface area contributed by atoms with Gasteiger partial charge in [-0.25, -0.2) is 0 Å². The molecule has 0 saturated heterocycles. The van der Waals surface area contributed by atoms with E-state index in [2.05, 4.69) is 9.64 Å². The SMILES string of the molecule is CCOC(CCN(CCOC)CCC(=O)OC)OCC. The highest BCUT2D eigenvalue weighted by Crippen LogP contribution is 2.04. The molecule has 0 aromatic rings. The zero-order valence-corrected chi connectivity index (χ0v) is 13.2. The van der Waals surface area contributed by atoms with Gasteiger partial charge in [0.25, 0.3) is 0 Å². The molecule has 0 spiro atoms. The molecule has 0 saturated carbocycles. The quantitative estimate of drug-likeness (QED) is 0.376. The third-order valence-corrected chi connectivity index (χ3v) is 2.86. The molecule has 0 aromatic carbocycles. The Bertz CT molecular complexity index is 232. The van der Waals surface area contributed by atoms with Crippen LogP contribution in [-0.2, 0) is 23.7 Å². The van der Waals surface area contributed by atoms with Crippen molar-refractivity contribution >= 4 is 5.97 Å². The van der Waals surface area contributed by atoms with Gasteiger partial charge in [-0.05, 0) is 13.8 Å². The first-order valence-corrected chi connectivity index (χ1v) is 7.19. The van der Waals surface area contributed by atoms with Gasteiger partial charge >= 0.3 is 5.97 Å². The van der Waals surface area contributed by atoms with Gasteiger partial charge in [-0.1, -0.05) is 0 Å². The molecule has 0 unspecified atom stereocenters. The number of carbonyl (C=O) groups excluding carboxylic acids is 1. The summed E-state index contributed by atoms with van der Waals surface area (Å²) in [6.45, 7) is 8.02. The third kappa shape index (κ3) is 10.1. The highest BCUT2D eigenvalue weighted by molar-refractivity contribution is 5.69. The first-order chi connectivity index (χ1) is 9.67. The van der Waals surface area contributed by atoms with Crippen molar-refractivity contribution in [2.75, 3.05) is 53.7 Å². The highest BCUT2D eigenvalue weighted by Gasteiger charge is 2.13. The summed E-state index contributed by atoms with van der Waals surface area (Å²) in [5.74, 6) is -0.196. The van der Waals surface area contributed by atoms with Crippen LogP contribution in [0.1, 0.15) is 26.7 Å². The number of hydrogen-bond acceptors (Lipinski definition) is 6. The molecule has 0 N–H and O–H groups in total. The number of methoxy groups -OCH3 is 2. The second kappa shape index (κ2) is 13.3. The van der Waals surface area contributed by atoms with Gasteiger partial charge in [0.1, 0.15) is 0 Å². The van der Waals surface area contributed by atoms with E-state index in [1.165, 1.54) is 7.11 Å². The first kappa shape index (κ1) is 19.3. The Labute approximate surface area is 122 Å². The summed E-state index contributed by atoms with van der Waals surface area (Å²) in [6, 6.07) is 0. The van der Waals surface area contributed by atoms with Gasteiger partial charge in [-0.15, -0.1) is 0 Å². The average Bonchev–Trinajstić information content (AvgIpc) is 2.46. The highest BCUT2D eigenvalue weighted by atomic mass is 16.7. The van der Waals surface area contributed by atoms with Crippen LogP contribution >= 0.6 is 0 Å². The second-order valence-electron chi connectivity index (χ2n) is 4.29. The summed E-state index contributed by atoms with van der Waals surface area (Å²) in [7, 11) is 3.07. The number of nitrogens with zero attached hydrogens (tertiary/aromatic N) is 1. The number of ether oxygens (including phenoxy) is 4. The van der Waals surface area contributed by atoms with Gasteiger partial charge in [0.05, 0.1) is 20.1 Å². The summed E-state index contributed by atoms with van der Waals surface area (Å²) in [4.78, 5) is 13.4. The molecule has 0 heterocycles. The average molecular weight is 291 g/mol. The molecule has 20 heavy (non-hydrogen) atoms. The van der Waals surface area contributed by atoms with Crippen molar-refractivity contribution in [1.82, 2.24) is 4.90 Å². The fraction of sp³-hybridized carbons (Fsp3) is 0.929. The van der Waals surface area contributed by atoms with E-state index in [9.17, 15) is 4.79 Å². The molecule has 0 aliphatic heterocycles. The van der Waals surface area contributed by atoms with Gasteiger partial charge in [-0.3, -0.25) is 4.79 Å². The van der Waals surface area contributed by atoms with E-state index in [-0.39, 0.29) is 12.3 Å². The van der Waals surface area contributed by atoms with Gasteiger partial charge in [0.2, 0.25) is 0 Å². The van der Waals surface area contributed by atoms with Crippen LogP contribution in [0.5, 0.6) is 0 Å². The normalized spacial score (nSPS) is 11.3. The summed E-state index contributed by atoms with van der Waals surface area (Å²) in [5.41, 5.74) is 0. The van der Waals surface area contributed by atoms with E-state index >= 15 is 0 Å². The number of esters is 1. The van der Waals surface area contributed by atoms with Gasteiger partial charge in [0.15, 0.2) is 6.29 Å². The summed E-state index contributed by atoms with van der Waals surface area (Å²) in [5, 5.41) is 0. The van der Waals surface area contributed by atoms with Crippen LogP contribution in [0.25, 0.3) is 0 Å². The number of carbonyl (C=O) groups is 1. The molecular weight excluding hydrogens is 262 g/mol. The zero-order chi connectivity index (χ0) is 15.2. The third-order valence-electron chi connectivity index (χ3n) is 2.86. The maximum absolute atomic E-state index is 11.2. The molecule has 0 aromatic heterocycles. The Balaban J connectivity index is 4.13. The minimum Gasteiger partial charge on any atom is -0.469 e. The van der Waals surface area contributed by atoms with Crippen LogP contribution in [0, 0.1) is 0 Å². The molecule has 0 bridgehead atoms. The minimum atomic E-state index is -0.196.